The first-order valence-electron chi connectivity index (χ1n) is 7.86. The highest BCUT2D eigenvalue weighted by Crippen LogP contribution is 2.17. The van der Waals surface area contributed by atoms with E-state index >= 15 is 0 Å². The molecule has 1 fully saturated rings. The molecule has 1 atom stereocenters. The Bertz CT molecular complexity index is 857. The van der Waals surface area contributed by atoms with Crippen LogP contribution in [0.2, 0.25) is 0 Å². The number of rotatable bonds is 5. The van der Waals surface area contributed by atoms with Crippen molar-refractivity contribution in [2.75, 3.05) is 23.4 Å². The topological polar surface area (TPSA) is 105 Å². The Balaban J connectivity index is 1.53. The molecule has 7 nitrogen and oxygen atoms in total. The molecule has 0 radical (unpaired) electrons. The van der Waals surface area contributed by atoms with Crippen LogP contribution in [0.4, 0.5) is 5.69 Å². The monoisotopic (exact) mass is 362 g/mol. The fourth-order valence-corrected chi connectivity index (χ4v) is 4.54. The van der Waals surface area contributed by atoms with Crippen LogP contribution in [0.15, 0.2) is 47.1 Å². The van der Waals surface area contributed by atoms with E-state index in [2.05, 4.69) is 10.6 Å². The van der Waals surface area contributed by atoms with E-state index in [9.17, 15) is 18.0 Å². The average molecular weight is 362 g/mol. The lowest BCUT2D eigenvalue weighted by Gasteiger charge is -2.10. The summed E-state index contributed by atoms with van der Waals surface area (Å²) in [5.74, 6) is -0.144. The highest BCUT2D eigenvalue weighted by molar-refractivity contribution is 7.91. The zero-order valence-corrected chi connectivity index (χ0v) is 14.2. The van der Waals surface area contributed by atoms with Crippen molar-refractivity contribution in [3.63, 3.8) is 0 Å². The summed E-state index contributed by atoms with van der Waals surface area (Å²) in [6.45, 7) is 0.342. The molecule has 1 saturated heterocycles. The molecule has 2 heterocycles. The number of sulfone groups is 1. The van der Waals surface area contributed by atoms with Crippen molar-refractivity contribution in [2.24, 2.45) is 5.92 Å². The van der Waals surface area contributed by atoms with Crippen LogP contribution in [-0.2, 0) is 9.84 Å². The van der Waals surface area contributed by atoms with Crippen LogP contribution in [0, 0.1) is 5.92 Å². The molecular weight excluding hydrogens is 344 g/mol. The van der Waals surface area contributed by atoms with Gasteiger partial charge in [-0.25, -0.2) is 8.42 Å². The van der Waals surface area contributed by atoms with Gasteiger partial charge in [0.05, 0.1) is 17.8 Å². The molecule has 25 heavy (non-hydrogen) atoms. The van der Waals surface area contributed by atoms with Gasteiger partial charge >= 0.3 is 0 Å². The highest BCUT2D eigenvalue weighted by Gasteiger charge is 2.27. The number of amides is 2. The maximum absolute atomic E-state index is 12.1. The minimum atomic E-state index is -2.94. The Kier molecular flexibility index (Phi) is 4.89. The second-order valence-electron chi connectivity index (χ2n) is 5.99. The second-order valence-corrected chi connectivity index (χ2v) is 8.22. The third-order valence-corrected chi connectivity index (χ3v) is 5.86. The summed E-state index contributed by atoms with van der Waals surface area (Å²) in [6, 6.07) is 9.61. The number of carbonyl (C=O) groups is 2. The van der Waals surface area contributed by atoms with E-state index in [0.717, 1.165) is 0 Å². The molecule has 8 heteroatoms. The van der Waals surface area contributed by atoms with E-state index in [-0.39, 0.29) is 35.0 Å². The van der Waals surface area contributed by atoms with Crippen molar-refractivity contribution in [3.05, 3.63) is 54.0 Å². The van der Waals surface area contributed by atoms with Crippen molar-refractivity contribution < 1.29 is 22.4 Å². The normalized spacial score (nSPS) is 18.6. The van der Waals surface area contributed by atoms with Gasteiger partial charge < -0.3 is 15.1 Å². The van der Waals surface area contributed by atoms with E-state index in [4.69, 9.17) is 4.42 Å². The fourth-order valence-electron chi connectivity index (χ4n) is 2.68. The van der Waals surface area contributed by atoms with E-state index in [1.807, 2.05) is 0 Å². The van der Waals surface area contributed by atoms with Crippen molar-refractivity contribution in [3.8, 4) is 0 Å². The quantitative estimate of drug-likeness (QED) is 0.842. The number of carbonyl (C=O) groups excluding carboxylic acids is 2. The lowest BCUT2D eigenvalue weighted by molar-refractivity contribution is 0.0947. The molecule has 2 amide bonds. The molecule has 132 valence electrons. The van der Waals surface area contributed by atoms with Crippen LogP contribution in [0.1, 0.15) is 27.3 Å². The summed E-state index contributed by atoms with van der Waals surface area (Å²) in [6.07, 6.45) is 2.00. The fraction of sp³-hybridized carbons (Fsp3) is 0.294. The predicted molar refractivity (Wildman–Crippen MR) is 92.2 cm³/mol. The molecule has 3 rings (SSSR count). The molecule has 0 spiro atoms. The molecule has 1 aliphatic heterocycles. The zero-order valence-electron chi connectivity index (χ0n) is 13.4. The molecule has 0 bridgehead atoms. The van der Waals surface area contributed by atoms with Crippen LogP contribution < -0.4 is 10.6 Å². The molecule has 2 aromatic rings. The third kappa shape index (κ3) is 4.48. The standard InChI is InChI=1S/C17H18N2O5S/c20-16(18-10-12-7-9-25(22,23)11-12)13-3-5-14(6-4-13)19-17(21)15-2-1-8-24-15/h1-6,8,12H,7,9-11H2,(H,18,20)(H,19,21)/t12-/m1/s1. The van der Waals surface area contributed by atoms with Crippen LogP contribution >= 0.6 is 0 Å². The first kappa shape index (κ1) is 17.2. The molecular formula is C17H18N2O5S. The summed E-state index contributed by atoms with van der Waals surface area (Å²) in [5, 5.41) is 5.42. The van der Waals surface area contributed by atoms with Gasteiger partial charge in [0.25, 0.3) is 11.8 Å². The van der Waals surface area contributed by atoms with Gasteiger partial charge in [0.1, 0.15) is 0 Å². The maximum Gasteiger partial charge on any atom is 0.291 e. The number of nitrogens with one attached hydrogen (secondary N) is 2. The Labute approximate surface area is 145 Å². The van der Waals surface area contributed by atoms with Crippen molar-refractivity contribution in [2.45, 2.75) is 6.42 Å². The van der Waals surface area contributed by atoms with Crippen molar-refractivity contribution in [1.29, 1.82) is 0 Å². The molecule has 0 saturated carbocycles. The van der Waals surface area contributed by atoms with Gasteiger partial charge in [0.2, 0.25) is 0 Å². The molecule has 2 N–H and O–H groups in total. The Morgan fingerprint density at radius 1 is 1.12 bits per heavy atom. The van der Waals surface area contributed by atoms with Gasteiger partial charge in [-0.05, 0) is 48.7 Å². The number of furan rings is 1. The first-order valence-corrected chi connectivity index (χ1v) is 9.69. The predicted octanol–water partition coefficient (Wildman–Crippen LogP) is 1.70. The van der Waals surface area contributed by atoms with Gasteiger partial charge in [-0.15, -0.1) is 0 Å². The summed E-state index contributed by atoms with van der Waals surface area (Å²) in [5.41, 5.74) is 0.983. The van der Waals surface area contributed by atoms with E-state index in [1.165, 1.54) is 6.26 Å². The Morgan fingerprint density at radius 2 is 1.88 bits per heavy atom. The minimum absolute atomic E-state index is 0.0270. The van der Waals surface area contributed by atoms with Crippen LogP contribution in [0.25, 0.3) is 0 Å². The SMILES string of the molecule is O=C(NC[C@H]1CCS(=O)(=O)C1)c1ccc(NC(=O)c2ccco2)cc1. The van der Waals surface area contributed by atoms with Crippen LogP contribution in [0.3, 0.4) is 0 Å². The average Bonchev–Trinajstić information content (AvgIpc) is 3.23. The van der Waals surface area contributed by atoms with Gasteiger partial charge in [-0.3, -0.25) is 9.59 Å². The molecule has 1 aromatic carbocycles. The third-order valence-electron chi connectivity index (χ3n) is 4.03. The molecule has 1 aliphatic rings. The Hall–Kier alpha value is -2.61. The zero-order chi connectivity index (χ0) is 17.9. The van der Waals surface area contributed by atoms with E-state index in [0.29, 0.717) is 24.2 Å². The molecule has 0 aliphatic carbocycles. The summed E-state index contributed by atoms with van der Waals surface area (Å²) in [7, 11) is -2.94. The second kappa shape index (κ2) is 7.10. The summed E-state index contributed by atoms with van der Waals surface area (Å²) >= 11 is 0. The van der Waals surface area contributed by atoms with E-state index < -0.39 is 9.84 Å². The molecule has 0 unspecified atom stereocenters. The van der Waals surface area contributed by atoms with Crippen molar-refractivity contribution >= 4 is 27.3 Å². The number of hydrogen-bond acceptors (Lipinski definition) is 5. The first-order chi connectivity index (χ1) is 11.9. The largest absolute Gasteiger partial charge is 0.459 e. The van der Waals surface area contributed by atoms with Crippen LogP contribution in [0.5, 0.6) is 0 Å². The lowest BCUT2D eigenvalue weighted by Crippen LogP contribution is -2.29. The minimum Gasteiger partial charge on any atom is -0.459 e. The summed E-state index contributed by atoms with van der Waals surface area (Å²) in [4.78, 5) is 24.0. The van der Waals surface area contributed by atoms with Gasteiger partial charge in [-0.2, -0.15) is 0 Å². The van der Waals surface area contributed by atoms with E-state index in [1.54, 1.807) is 36.4 Å². The molecule has 1 aromatic heterocycles. The number of hydrogen-bond donors (Lipinski definition) is 2. The van der Waals surface area contributed by atoms with Crippen molar-refractivity contribution in [1.82, 2.24) is 5.32 Å². The lowest BCUT2D eigenvalue weighted by atomic mass is 10.1. The maximum atomic E-state index is 12.1. The van der Waals surface area contributed by atoms with Gasteiger partial charge in [-0.1, -0.05) is 0 Å². The highest BCUT2D eigenvalue weighted by atomic mass is 32.2. The summed E-state index contributed by atoms with van der Waals surface area (Å²) < 4.78 is 27.8. The Morgan fingerprint density at radius 3 is 2.48 bits per heavy atom. The van der Waals surface area contributed by atoms with Gasteiger partial charge in [0.15, 0.2) is 15.6 Å². The smallest absolute Gasteiger partial charge is 0.291 e. The number of benzene rings is 1. The van der Waals surface area contributed by atoms with Gasteiger partial charge in [0, 0.05) is 17.8 Å². The number of anilines is 1. The van der Waals surface area contributed by atoms with Crippen LogP contribution in [-0.4, -0.2) is 38.3 Å².